The standard InChI is InChI=1S/C17H16O4/c18-17(19-11-13-4-2-1-3-5-13)9-7-14-6-8-15-10-16(14)21-12-20-15/h1-6,8,10H,7,9,11-12H2. The SMILES string of the molecule is O=C(CCc1ccc2cc1OCO2)OCc1ccccc1. The third kappa shape index (κ3) is 3.54. The second-order valence-electron chi connectivity index (χ2n) is 4.82. The molecule has 0 N–H and O–H groups in total. The molecule has 0 aromatic heterocycles. The van der Waals surface area contributed by atoms with Gasteiger partial charge in [-0.2, -0.15) is 0 Å². The van der Waals surface area contributed by atoms with Crippen LogP contribution in [0.5, 0.6) is 11.5 Å². The Balaban J connectivity index is 1.50. The predicted molar refractivity (Wildman–Crippen MR) is 77.1 cm³/mol. The van der Waals surface area contributed by atoms with E-state index in [1.54, 1.807) is 0 Å². The van der Waals surface area contributed by atoms with Gasteiger partial charge in [0, 0.05) is 12.5 Å². The Bertz CT molecular complexity index is 622. The zero-order chi connectivity index (χ0) is 14.5. The van der Waals surface area contributed by atoms with Crippen molar-refractivity contribution in [1.29, 1.82) is 0 Å². The molecular formula is C17H16O4. The lowest BCUT2D eigenvalue weighted by Gasteiger charge is -2.18. The maximum atomic E-state index is 11.8. The monoisotopic (exact) mass is 284 g/mol. The summed E-state index contributed by atoms with van der Waals surface area (Å²) in [5.74, 6) is 1.38. The summed E-state index contributed by atoms with van der Waals surface area (Å²) in [6.07, 6.45) is 0.937. The van der Waals surface area contributed by atoms with Crippen LogP contribution in [0, 0.1) is 0 Å². The van der Waals surface area contributed by atoms with E-state index in [4.69, 9.17) is 14.2 Å². The van der Waals surface area contributed by atoms with E-state index < -0.39 is 0 Å². The Morgan fingerprint density at radius 1 is 1.10 bits per heavy atom. The molecule has 108 valence electrons. The van der Waals surface area contributed by atoms with Crippen LogP contribution in [0.3, 0.4) is 0 Å². The molecule has 1 aliphatic heterocycles. The molecule has 2 aromatic rings. The van der Waals surface area contributed by atoms with Crippen molar-refractivity contribution in [2.75, 3.05) is 6.79 Å². The summed E-state index contributed by atoms with van der Waals surface area (Å²) in [6.45, 7) is 0.545. The van der Waals surface area contributed by atoms with Gasteiger partial charge in [-0.15, -0.1) is 0 Å². The van der Waals surface area contributed by atoms with Crippen LogP contribution >= 0.6 is 0 Å². The van der Waals surface area contributed by atoms with Crippen LogP contribution in [0.2, 0.25) is 0 Å². The van der Waals surface area contributed by atoms with Gasteiger partial charge in [-0.05, 0) is 23.6 Å². The van der Waals surface area contributed by atoms with Crippen LogP contribution in [0.25, 0.3) is 0 Å². The summed E-state index contributed by atoms with van der Waals surface area (Å²) in [5.41, 5.74) is 1.99. The molecule has 0 radical (unpaired) electrons. The van der Waals surface area contributed by atoms with Gasteiger partial charge in [-0.25, -0.2) is 0 Å². The van der Waals surface area contributed by atoms with E-state index in [1.165, 1.54) is 0 Å². The Kier molecular flexibility index (Phi) is 4.05. The number of fused-ring (bicyclic) bond motifs is 2. The van der Waals surface area contributed by atoms with Gasteiger partial charge in [0.1, 0.15) is 18.1 Å². The topological polar surface area (TPSA) is 44.8 Å². The van der Waals surface area contributed by atoms with Crippen molar-refractivity contribution >= 4 is 5.97 Å². The highest BCUT2D eigenvalue weighted by Crippen LogP contribution is 2.29. The molecule has 0 aliphatic carbocycles. The van der Waals surface area contributed by atoms with Crippen molar-refractivity contribution in [2.24, 2.45) is 0 Å². The molecule has 0 atom stereocenters. The third-order valence-electron chi connectivity index (χ3n) is 3.32. The molecule has 2 aromatic carbocycles. The summed E-state index contributed by atoms with van der Waals surface area (Å²) in [7, 11) is 0. The largest absolute Gasteiger partial charge is 0.461 e. The Hall–Kier alpha value is -2.49. The summed E-state index contributed by atoms with van der Waals surface area (Å²) in [5, 5.41) is 0. The molecule has 0 spiro atoms. The van der Waals surface area contributed by atoms with E-state index in [1.807, 2.05) is 48.5 Å². The summed E-state index contributed by atoms with van der Waals surface area (Å²) >= 11 is 0. The minimum atomic E-state index is -0.206. The predicted octanol–water partition coefficient (Wildman–Crippen LogP) is 3.09. The molecule has 0 unspecified atom stereocenters. The fourth-order valence-corrected chi connectivity index (χ4v) is 2.17. The summed E-state index contributed by atoms with van der Waals surface area (Å²) in [4.78, 5) is 11.8. The van der Waals surface area contributed by atoms with Gasteiger partial charge in [0.25, 0.3) is 0 Å². The first kappa shape index (κ1) is 13.5. The minimum Gasteiger partial charge on any atom is -0.461 e. The number of aryl methyl sites for hydroxylation is 1. The number of rotatable bonds is 5. The molecular weight excluding hydrogens is 268 g/mol. The van der Waals surface area contributed by atoms with Crippen LogP contribution in [-0.4, -0.2) is 12.8 Å². The quantitative estimate of drug-likeness (QED) is 0.791. The van der Waals surface area contributed by atoms with E-state index in [0.717, 1.165) is 22.6 Å². The van der Waals surface area contributed by atoms with Crippen molar-refractivity contribution in [3.05, 3.63) is 59.7 Å². The lowest BCUT2D eigenvalue weighted by molar-refractivity contribution is -0.144. The molecule has 0 fully saturated rings. The molecule has 1 aliphatic rings. The molecule has 4 nitrogen and oxygen atoms in total. The van der Waals surface area contributed by atoms with Crippen LogP contribution < -0.4 is 9.47 Å². The molecule has 21 heavy (non-hydrogen) atoms. The molecule has 2 bridgehead atoms. The van der Waals surface area contributed by atoms with Gasteiger partial charge in [-0.1, -0.05) is 36.4 Å². The maximum Gasteiger partial charge on any atom is 0.306 e. The van der Waals surface area contributed by atoms with E-state index in [9.17, 15) is 4.79 Å². The van der Waals surface area contributed by atoms with Gasteiger partial charge < -0.3 is 14.2 Å². The van der Waals surface area contributed by atoms with E-state index in [2.05, 4.69) is 0 Å². The number of benzene rings is 2. The van der Waals surface area contributed by atoms with Crippen molar-refractivity contribution in [2.45, 2.75) is 19.4 Å². The first-order chi connectivity index (χ1) is 10.3. The Morgan fingerprint density at radius 2 is 1.95 bits per heavy atom. The van der Waals surface area contributed by atoms with Gasteiger partial charge in [0.2, 0.25) is 6.79 Å². The van der Waals surface area contributed by atoms with Gasteiger partial charge in [0.15, 0.2) is 0 Å². The average Bonchev–Trinajstić information content (AvgIpc) is 2.53. The van der Waals surface area contributed by atoms with Crippen LogP contribution in [-0.2, 0) is 22.6 Å². The lowest BCUT2D eigenvalue weighted by Crippen LogP contribution is -2.13. The van der Waals surface area contributed by atoms with Crippen LogP contribution in [0.15, 0.2) is 48.5 Å². The number of carbonyl (C=O) groups is 1. The summed E-state index contributed by atoms with van der Waals surface area (Å²) in [6, 6.07) is 15.3. The highest BCUT2D eigenvalue weighted by atomic mass is 16.7. The molecule has 1 heterocycles. The van der Waals surface area contributed by atoms with Crippen molar-refractivity contribution in [1.82, 2.24) is 0 Å². The fraction of sp³-hybridized carbons (Fsp3) is 0.235. The van der Waals surface area contributed by atoms with Gasteiger partial charge in [0.05, 0.1) is 0 Å². The number of ether oxygens (including phenoxy) is 3. The second-order valence-corrected chi connectivity index (χ2v) is 4.82. The Labute approximate surface area is 123 Å². The lowest BCUT2D eigenvalue weighted by atomic mass is 10.1. The zero-order valence-electron chi connectivity index (χ0n) is 11.6. The third-order valence-corrected chi connectivity index (χ3v) is 3.32. The smallest absolute Gasteiger partial charge is 0.306 e. The molecule has 0 amide bonds. The van der Waals surface area contributed by atoms with Crippen molar-refractivity contribution < 1.29 is 19.0 Å². The number of hydrogen-bond acceptors (Lipinski definition) is 4. The van der Waals surface area contributed by atoms with Crippen molar-refractivity contribution in [3.63, 3.8) is 0 Å². The van der Waals surface area contributed by atoms with Gasteiger partial charge >= 0.3 is 5.97 Å². The second kappa shape index (κ2) is 6.31. The van der Waals surface area contributed by atoms with Crippen LogP contribution in [0.1, 0.15) is 17.5 Å². The summed E-state index contributed by atoms with van der Waals surface area (Å²) < 4.78 is 15.9. The zero-order valence-corrected chi connectivity index (χ0v) is 11.6. The number of hydrogen-bond donors (Lipinski definition) is 0. The highest BCUT2D eigenvalue weighted by Gasteiger charge is 2.13. The normalized spacial score (nSPS) is 12.2. The van der Waals surface area contributed by atoms with E-state index >= 15 is 0 Å². The van der Waals surface area contributed by atoms with Crippen LogP contribution in [0.4, 0.5) is 0 Å². The van der Waals surface area contributed by atoms with Crippen molar-refractivity contribution in [3.8, 4) is 11.5 Å². The minimum absolute atomic E-state index is 0.206. The molecule has 3 rings (SSSR count). The van der Waals surface area contributed by atoms with Gasteiger partial charge in [-0.3, -0.25) is 4.79 Å². The first-order valence-electron chi connectivity index (χ1n) is 6.89. The Morgan fingerprint density at radius 3 is 2.81 bits per heavy atom. The number of esters is 1. The van der Waals surface area contributed by atoms with E-state index in [-0.39, 0.29) is 12.8 Å². The average molecular weight is 284 g/mol. The molecule has 0 saturated heterocycles. The first-order valence-corrected chi connectivity index (χ1v) is 6.89. The fourth-order valence-electron chi connectivity index (χ4n) is 2.17. The number of carbonyl (C=O) groups excluding carboxylic acids is 1. The molecule has 0 saturated carbocycles. The molecule has 4 heteroatoms. The van der Waals surface area contributed by atoms with E-state index in [0.29, 0.717) is 19.4 Å². The highest BCUT2D eigenvalue weighted by molar-refractivity contribution is 5.70. The maximum absolute atomic E-state index is 11.8.